The zero-order chi connectivity index (χ0) is 13.0. The first-order valence-corrected chi connectivity index (χ1v) is 6.17. The maximum Gasteiger partial charge on any atom is 0.228 e. The summed E-state index contributed by atoms with van der Waals surface area (Å²) >= 11 is 8.05. The molecule has 0 radical (unpaired) electrons. The first-order valence-electron chi connectivity index (χ1n) is 4.97. The number of amides is 1. The molecule has 0 atom stereocenters. The highest BCUT2D eigenvalue weighted by Crippen LogP contribution is 2.19. The topological polar surface area (TPSA) is 41.1 Å². The van der Waals surface area contributed by atoms with Gasteiger partial charge in [0.25, 0.3) is 0 Å². The van der Waals surface area contributed by atoms with Gasteiger partial charge in [-0.2, -0.15) is 0 Å². The lowest BCUT2D eigenvalue weighted by Gasteiger charge is -2.11. The van der Waals surface area contributed by atoms with E-state index in [1.54, 1.807) is 19.9 Å². The number of carbonyl (C=O) groups excluding carboxylic acids is 1. The van der Waals surface area contributed by atoms with Gasteiger partial charge in [0.1, 0.15) is 5.82 Å². The van der Waals surface area contributed by atoms with Crippen LogP contribution in [0.25, 0.3) is 0 Å². The Morgan fingerprint density at radius 3 is 2.65 bits per heavy atom. The molecular formula is C11H12BrFN2OS. The number of halogens is 2. The lowest BCUT2D eigenvalue weighted by molar-refractivity contribution is -0.122. The molecule has 0 aliphatic carbocycles. The second kappa shape index (κ2) is 6.07. The molecular weight excluding hydrogens is 307 g/mol. The maximum atomic E-state index is 13.4. The quantitative estimate of drug-likeness (QED) is 0.823. The van der Waals surface area contributed by atoms with Gasteiger partial charge in [-0.1, -0.05) is 29.8 Å². The summed E-state index contributed by atoms with van der Waals surface area (Å²) in [4.78, 5) is 11.3. The molecule has 0 heterocycles. The van der Waals surface area contributed by atoms with Crippen LogP contribution in [0.15, 0.2) is 22.7 Å². The van der Waals surface area contributed by atoms with Crippen LogP contribution in [0.3, 0.4) is 0 Å². The zero-order valence-electron chi connectivity index (χ0n) is 9.38. The van der Waals surface area contributed by atoms with Crippen LogP contribution >= 0.6 is 28.1 Å². The van der Waals surface area contributed by atoms with Gasteiger partial charge in [-0.25, -0.2) is 4.39 Å². The van der Waals surface area contributed by atoms with Crippen LogP contribution in [0.1, 0.15) is 13.8 Å². The van der Waals surface area contributed by atoms with E-state index in [-0.39, 0.29) is 22.6 Å². The van der Waals surface area contributed by atoms with Crippen molar-refractivity contribution in [3.8, 4) is 0 Å². The largest absolute Gasteiger partial charge is 0.330 e. The van der Waals surface area contributed by atoms with Gasteiger partial charge in [0.15, 0.2) is 5.11 Å². The summed E-state index contributed by atoms with van der Waals surface area (Å²) < 4.78 is 14.1. The minimum absolute atomic E-state index is 0.0879. The van der Waals surface area contributed by atoms with Gasteiger partial charge in [-0.15, -0.1) is 0 Å². The second-order valence-corrected chi connectivity index (χ2v) is 5.05. The summed E-state index contributed by atoms with van der Waals surface area (Å²) in [5, 5.41) is 5.19. The summed E-state index contributed by atoms with van der Waals surface area (Å²) in [6, 6.07) is 4.53. The predicted molar refractivity (Wildman–Crippen MR) is 73.3 cm³/mol. The van der Waals surface area contributed by atoms with Crippen molar-refractivity contribution >= 4 is 44.9 Å². The molecule has 0 spiro atoms. The summed E-state index contributed by atoms with van der Waals surface area (Å²) in [5.41, 5.74) is 0.224. The summed E-state index contributed by atoms with van der Waals surface area (Å²) in [6.07, 6.45) is 0. The minimum Gasteiger partial charge on any atom is -0.330 e. The molecule has 92 valence electrons. The van der Waals surface area contributed by atoms with Gasteiger partial charge >= 0.3 is 0 Å². The number of carbonyl (C=O) groups is 1. The predicted octanol–water partition coefficient (Wildman–Crippen LogP) is 3.06. The molecule has 0 bridgehead atoms. The van der Waals surface area contributed by atoms with Crippen LogP contribution in [0, 0.1) is 11.7 Å². The Labute approximate surface area is 113 Å². The van der Waals surface area contributed by atoms with Crippen molar-refractivity contribution < 1.29 is 9.18 Å². The molecule has 0 fully saturated rings. The molecule has 3 nitrogen and oxygen atoms in total. The number of rotatable bonds is 2. The Kier molecular flexibility index (Phi) is 5.02. The van der Waals surface area contributed by atoms with Crippen molar-refractivity contribution in [2.45, 2.75) is 13.8 Å². The van der Waals surface area contributed by atoms with Gasteiger partial charge in [-0.05, 0) is 30.4 Å². The van der Waals surface area contributed by atoms with Gasteiger partial charge in [-0.3, -0.25) is 4.79 Å². The van der Waals surface area contributed by atoms with E-state index in [1.807, 2.05) is 0 Å². The second-order valence-electron chi connectivity index (χ2n) is 3.72. The number of anilines is 1. The number of hydrogen-bond donors (Lipinski definition) is 2. The van der Waals surface area contributed by atoms with Crippen LogP contribution < -0.4 is 10.6 Å². The smallest absolute Gasteiger partial charge is 0.228 e. The molecule has 17 heavy (non-hydrogen) atoms. The highest BCUT2D eigenvalue weighted by Gasteiger charge is 2.10. The molecule has 0 unspecified atom stereocenters. The highest BCUT2D eigenvalue weighted by molar-refractivity contribution is 9.10. The zero-order valence-corrected chi connectivity index (χ0v) is 11.8. The van der Waals surface area contributed by atoms with E-state index in [2.05, 4.69) is 26.6 Å². The Bertz CT molecular complexity index is 451. The normalized spacial score (nSPS) is 10.2. The molecule has 1 rings (SSSR count). The Morgan fingerprint density at radius 2 is 2.12 bits per heavy atom. The van der Waals surface area contributed by atoms with Crippen molar-refractivity contribution in [2.24, 2.45) is 5.92 Å². The lowest BCUT2D eigenvalue weighted by Crippen LogP contribution is -2.36. The average molecular weight is 319 g/mol. The molecule has 2 N–H and O–H groups in total. The van der Waals surface area contributed by atoms with E-state index in [9.17, 15) is 9.18 Å². The van der Waals surface area contributed by atoms with E-state index in [4.69, 9.17) is 12.2 Å². The number of nitrogens with one attached hydrogen (secondary N) is 2. The molecule has 0 aliphatic heterocycles. The molecule has 1 aromatic rings. The fourth-order valence-corrected chi connectivity index (χ4v) is 1.54. The monoisotopic (exact) mass is 318 g/mol. The molecule has 1 amide bonds. The summed E-state index contributed by atoms with van der Waals surface area (Å²) in [7, 11) is 0. The van der Waals surface area contributed by atoms with Crippen molar-refractivity contribution in [3.63, 3.8) is 0 Å². The van der Waals surface area contributed by atoms with Crippen molar-refractivity contribution in [2.75, 3.05) is 5.32 Å². The maximum absolute atomic E-state index is 13.4. The number of thiocarbonyl (C=S) groups is 1. The van der Waals surface area contributed by atoms with E-state index in [1.165, 1.54) is 12.1 Å². The third kappa shape index (κ3) is 4.40. The van der Waals surface area contributed by atoms with Crippen molar-refractivity contribution in [1.82, 2.24) is 5.32 Å². The van der Waals surface area contributed by atoms with E-state index >= 15 is 0 Å². The van der Waals surface area contributed by atoms with Gasteiger partial charge in [0.05, 0.1) is 5.69 Å². The van der Waals surface area contributed by atoms with Crippen molar-refractivity contribution in [3.05, 3.63) is 28.5 Å². The van der Waals surface area contributed by atoms with Gasteiger partial charge < -0.3 is 10.6 Å². The Balaban J connectivity index is 2.65. The lowest BCUT2D eigenvalue weighted by atomic mass is 10.2. The fourth-order valence-electron chi connectivity index (χ4n) is 1.00. The van der Waals surface area contributed by atoms with Crippen LogP contribution in [-0.2, 0) is 4.79 Å². The third-order valence-electron chi connectivity index (χ3n) is 1.94. The SMILES string of the molecule is CC(C)C(=O)NC(=S)Nc1ccc(Br)cc1F. The average Bonchev–Trinajstić information content (AvgIpc) is 2.22. The fraction of sp³-hybridized carbons (Fsp3) is 0.273. The Hall–Kier alpha value is -1.01. The molecule has 6 heteroatoms. The van der Waals surface area contributed by atoms with E-state index < -0.39 is 5.82 Å². The molecule has 0 aromatic heterocycles. The molecule has 0 saturated carbocycles. The van der Waals surface area contributed by atoms with E-state index in [0.29, 0.717) is 4.47 Å². The van der Waals surface area contributed by atoms with Crippen LogP contribution in [0.4, 0.5) is 10.1 Å². The summed E-state index contributed by atoms with van der Waals surface area (Å²) in [6.45, 7) is 3.50. The van der Waals surface area contributed by atoms with E-state index in [0.717, 1.165) is 0 Å². The highest BCUT2D eigenvalue weighted by atomic mass is 79.9. The Morgan fingerprint density at radius 1 is 1.47 bits per heavy atom. The van der Waals surface area contributed by atoms with Crippen molar-refractivity contribution in [1.29, 1.82) is 0 Å². The van der Waals surface area contributed by atoms with Gasteiger partial charge in [0, 0.05) is 10.4 Å². The number of benzene rings is 1. The third-order valence-corrected chi connectivity index (χ3v) is 2.64. The van der Waals surface area contributed by atoms with Crippen LogP contribution in [0.5, 0.6) is 0 Å². The minimum atomic E-state index is -0.444. The standard InChI is InChI=1S/C11H12BrFN2OS/c1-6(2)10(16)15-11(17)14-9-4-3-7(12)5-8(9)13/h3-6H,1-2H3,(H2,14,15,16,17). The van der Waals surface area contributed by atoms with Gasteiger partial charge in [0.2, 0.25) is 5.91 Å². The first-order chi connectivity index (χ1) is 7.90. The summed E-state index contributed by atoms with van der Waals surface area (Å²) in [5.74, 6) is -0.829. The number of hydrogen-bond acceptors (Lipinski definition) is 2. The molecule has 1 aromatic carbocycles. The molecule has 0 aliphatic rings. The first kappa shape index (κ1) is 14.1. The molecule has 0 saturated heterocycles. The van der Waals surface area contributed by atoms with Crippen LogP contribution in [-0.4, -0.2) is 11.0 Å². The van der Waals surface area contributed by atoms with Crippen LogP contribution in [0.2, 0.25) is 0 Å².